The van der Waals surface area contributed by atoms with Gasteiger partial charge in [-0.25, -0.2) is 16.8 Å². The van der Waals surface area contributed by atoms with E-state index >= 15 is 0 Å². The van der Waals surface area contributed by atoms with Crippen molar-refractivity contribution in [2.24, 2.45) is 0 Å². The smallest absolute Gasteiger partial charge is 0.216 e. The molecule has 0 aromatic carbocycles. The molecule has 0 saturated carbocycles. The van der Waals surface area contributed by atoms with Gasteiger partial charge in [0.05, 0.1) is 5.75 Å². The van der Waals surface area contributed by atoms with Gasteiger partial charge in [-0.2, -0.15) is 0 Å². The van der Waals surface area contributed by atoms with Crippen molar-refractivity contribution >= 4 is 18.6 Å². The van der Waals surface area contributed by atoms with E-state index < -0.39 is 18.6 Å². The molecule has 6 heteroatoms. The fourth-order valence-electron chi connectivity index (χ4n) is 0.963. The number of hydrogen-bond donors (Lipinski definition) is 1. The summed E-state index contributed by atoms with van der Waals surface area (Å²) in [6, 6.07) is 0. The Labute approximate surface area is 80.6 Å². The van der Waals surface area contributed by atoms with Gasteiger partial charge in [0.2, 0.25) is 9.74 Å². The third kappa shape index (κ3) is 6.04. The van der Waals surface area contributed by atoms with E-state index in [4.69, 9.17) is 0 Å². The van der Waals surface area contributed by atoms with Gasteiger partial charge in [0.15, 0.2) is 0 Å². The van der Waals surface area contributed by atoms with Gasteiger partial charge in [0, 0.05) is 0 Å². The molecule has 0 bridgehead atoms. The maximum atomic E-state index is 10.8. The van der Waals surface area contributed by atoms with Crippen LogP contribution in [-0.2, 0) is 18.6 Å². The predicted molar refractivity (Wildman–Crippen MR) is 52.9 cm³/mol. The molecule has 0 N–H and O–H groups in total. The SMILES string of the molecule is CCCCCCCS(=O)(=O)[SH](=O)=O. The Morgan fingerprint density at radius 2 is 1.54 bits per heavy atom. The van der Waals surface area contributed by atoms with Crippen LogP contribution in [0.1, 0.15) is 39.0 Å². The fourth-order valence-corrected chi connectivity index (χ4v) is 2.52. The van der Waals surface area contributed by atoms with E-state index in [1.54, 1.807) is 0 Å². The highest BCUT2D eigenvalue weighted by atomic mass is 33.1. The van der Waals surface area contributed by atoms with Crippen molar-refractivity contribution in [3.8, 4) is 0 Å². The highest BCUT2D eigenvalue weighted by Crippen LogP contribution is 2.04. The van der Waals surface area contributed by atoms with Crippen LogP contribution in [0.5, 0.6) is 0 Å². The van der Waals surface area contributed by atoms with Crippen LogP contribution in [0.15, 0.2) is 0 Å². The average molecular weight is 228 g/mol. The van der Waals surface area contributed by atoms with E-state index in [1.807, 2.05) is 0 Å². The molecule has 4 nitrogen and oxygen atoms in total. The van der Waals surface area contributed by atoms with Crippen molar-refractivity contribution in [1.82, 2.24) is 0 Å². The first-order valence-corrected chi connectivity index (χ1v) is 7.81. The fraction of sp³-hybridized carbons (Fsp3) is 1.00. The van der Waals surface area contributed by atoms with E-state index in [1.165, 1.54) is 0 Å². The highest BCUT2D eigenvalue weighted by Gasteiger charge is 2.11. The molecule has 0 heterocycles. The lowest BCUT2D eigenvalue weighted by molar-refractivity contribution is 0.585. The second kappa shape index (κ2) is 6.37. The van der Waals surface area contributed by atoms with Crippen molar-refractivity contribution in [3.63, 3.8) is 0 Å². The molecule has 0 aliphatic heterocycles. The summed E-state index contributed by atoms with van der Waals surface area (Å²) in [5.41, 5.74) is 0. The lowest BCUT2D eigenvalue weighted by atomic mass is 10.2. The molecular formula is C7H16O4S2. The molecule has 0 saturated heterocycles. The Morgan fingerprint density at radius 3 is 2.00 bits per heavy atom. The lowest BCUT2D eigenvalue weighted by Gasteiger charge is -1.97. The molecule has 0 rings (SSSR count). The van der Waals surface area contributed by atoms with Crippen molar-refractivity contribution in [2.45, 2.75) is 39.0 Å². The van der Waals surface area contributed by atoms with Crippen LogP contribution in [0.3, 0.4) is 0 Å². The Hall–Kier alpha value is -0.100. The predicted octanol–water partition coefficient (Wildman–Crippen LogP) is 0.898. The summed E-state index contributed by atoms with van der Waals surface area (Å²) in [5, 5.41) is 0. The molecule has 0 aliphatic carbocycles. The largest absolute Gasteiger partial charge is 0.251 e. The highest BCUT2D eigenvalue weighted by molar-refractivity contribution is 8.59. The molecule has 13 heavy (non-hydrogen) atoms. The molecule has 0 spiro atoms. The van der Waals surface area contributed by atoms with E-state index in [0.29, 0.717) is 6.42 Å². The first kappa shape index (κ1) is 12.9. The first-order chi connectivity index (χ1) is 6.00. The summed E-state index contributed by atoms with van der Waals surface area (Å²) in [4.78, 5) is 0. The zero-order chi connectivity index (χ0) is 10.3. The van der Waals surface area contributed by atoms with Crippen LogP contribution in [0.25, 0.3) is 0 Å². The summed E-state index contributed by atoms with van der Waals surface area (Å²) in [7, 11) is -7.13. The Kier molecular flexibility index (Phi) is 6.32. The summed E-state index contributed by atoms with van der Waals surface area (Å²) in [6.45, 7) is 2.06. The van der Waals surface area contributed by atoms with Gasteiger partial charge in [0.25, 0.3) is 8.87 Å². The lowest BCUT2D eigenvalue weighted by Crippen LogP contribution is -2.06. The molecule has 0 aromatic rings. The maximum Gasteiger partial charge on any atom is 0.251 e. The average Bonchev–Trinajstić information content (AvgIpc) is 2.03. The third-order valence-corrected chi connectivity index (χ3v) is 4.90. The van der Waals surface area contributed by atoms with E-state index in [2.05, 4.69) is 6.92 Å². The quantitative estimate of drug-likeness (QED) is 0.399. The molecule has 80 valence electrons. The van der Waals surface area contributed by atoms with Gasteiger partial charge in [-0.1, -0.05) is 32.6 Å². The standard InChI is InChI=1S/C7H16O4S2/c1-2-3-4-5-6-7-13(10,11)12(8)9/h12H,2-7H2,1H3. The Morgan fingerprint density at radius 1 is 1.00 bits per heavy atom. The van der Waals surface area contributed by atoms with Gasteiger partial charge in [0.1, 0.15) is 0 Å². The number of hydrogen-bond acceptors (Lipinski definition) is 4. The van der Waals surface area contributed by atoms with Crippen molar-refractivity contribution < 1.29 is 16.8 Å². The van der Waals surface area contributed by atoms with E-state index in [-0.39, 0.29) is 5.75 Å². The Balaban J connectivity index is 3.66. The van der Waals surface area contributed by atoms with Crippen molar-refractivity contribution in [2.75, 3.05) is 5.75 Å². The molecule has 0 atom stereocenters. The minimum Gasteiger partial charge on any atom is -0.216 e. The molecule has 0 fully saturated rings. The molecule has 0 amide bonds. The topological polar surface area (TPSA) is 68.3 Å². The van der Waals surface area contributed by atoms with Gasteiger partial charge >= 0.3 is 0 Å². The van der Waals surface area contributed by atoms with Crippen LogP contribution >= 0.6 is 0 Å². The van der Waals surface area contributed by atoms with Crippen LogP contribution in [0.2, 0.25) is 0 Å². The van der Waals surface area contributed by atoms with Gasteiger partial charge in [-0.3, -0.25) is 0 Å². The molecule has 0 aliphatic rings. The van der Waals surface area contributed by atoms with Crippen LogP contribution < -0.4 is 0 Å². The minimum atomic E-state index is -3.83. The second-order valence-corrected chi connectivity index (χ2v) is 7.51. The Bertz CT molecular complexity index is 282. The number of unbranched alkanes of at least 4 members (excludes halogenated alkanes) is 4. The normalized spacial score (nSPS) is 12.2. The summed E-state index contributed by atoms with van der Waals surface area (Å²) < 4.78 is 41.9. The number of rotatable bonds is 7. The summed E-state index contributed by atoms with van der Waals surface area (Å²) in [6.07, 6.45) is 4.37. The zero-order valence-electron chi connectivity index (χ0n) is 7.73. The third-order valence-electron chi connectivity index (χ3n) is 1.73. The van der Waals surface area contributed by atoms with E-state index in [0.717, 1.165) is 25.7 Å². The van der Waals surface area contributed by atoms with Crippen LogP contribution in [-0.4, -0.2) is 22.6 Å². The van der Waals surface area contributed by atoms with Crippen molar-refractivity contribution in [3.05, 3.63) is 0 Å². The molecule has 0 aromatic heterocycles. The van der Waals surface area contributed by atoms with Gasteiger partial charge < -0.3 is 0 Å². The van der Waals surface area contributed by atoms with Crippen LogP contribution in [0.4, 0.5) is 0 Å². The summed E-state index contributed by atoms with van der Waals surface area (Å²) >= 11 is 0. The monoisotopic (exact) mass is 228 g/mol. The molecule has 0 radical (unpaired) electrons. The molecular weight excluding hydrogens is 212 g/mol. The maximum absolute atomic E-state index is 10.8. The zero-order valence-corrected chi connectivity index (χ0v) is 9.44. The second-order valence-electron chi connectivity index (χ2n) is 2.92. The van der Waals surface area contributed by atoms with E-state index in [9.17, 15) is 16.8 Å². The number of thiol groups is 1. The van der Waals surface area contributed by atoms with Crippen LogP contribution in [0, 0.1) is 0 Å². The van der Waals surface area contributed by atoms with Gasteiger partial charge in [-0.05, 0) is 6.42 Å². The van der Waals surface area contributed by atoms with Crippen molar-refractivity contribution in [1.29, 1.82) is 0 Å². The molecule has 0 unspecified atom stereocenters. The minimum absolute atomic E-state index is 0.227. The first-order valence-electron chi connectivity index (χ1n) is 4.38. The van der Waals surface area contributed by atoms with Gasteiger partial charge in [-0.15, -0.1) is 0 Å². The summed E-state index contributed by atoms with van der Waals surface area (Å²) in [5.74, 6) is -0.227.